The number of unbranched alkanes of at least 4 members (excludes halogenated alkanes) is 1. The molecule has 0 aromatic heterocycles. The summed E-state index contributed by atoms with van der Waals surface area (Å²) in [4.78, 5) is 7.16. The van der Waals surface area contributed by atoms with Crippen LogP contribution in [0, 0.1) is 5.92 Å². The van der Waals surface area contributed by atoms with Crippen molar-refractivity contribution in [1.82, 2.24) is 10.2 Å². The number of guanidine groups is 1. The molecule has 4 nitrogen and oxygen atoms in total. The normalized spacial score (nSPS) is 21.5. The predicted molar refractivity (Wildman–Crippen MR) is 101 cm³/mol. The van der Waals surface area contributed by atoms with Crippen LogP contribution in [0.15, 0.2) is 35.3 Å². The van der Waals surface area contributed by atoms with Gasteiger partial charge in [0.1, 0.15) is 0 Å². The summed E-state index contributed by atoms with van der Waals surface area (Å²) in [6.07, 6.45) is 4.89. The quantitative estimate of drug-likeness (QED) is 0.609. The van der Waals surface area contributed by atoms with Gasteiger partial charge in [-0.3, -0.25) is 4.99 Å². The second-order valence-electron chi connectivity index (χ2n) is 6.57. The van der Waals surface area contributed by atoms with Crippen LogP contribution in [0.5, 0.6) is 0 Å². The van der Waals surface area contributed by atoms with E-state index in [1.807, 2.05) is 0 Å². The van der Waals surface area contributed by atoms with Crippen LogP contribution in [0.4, 0.5) is 0 Å². The van der Waals surface area contributed by atoms with Gasteiger partial charge in [-0.1, -0.05) is 43.7 Å². The van der Waals surface area contributed by atoms with E-state index >= 15 is 0 Å². The first-order chi connectivity index (χ1) is 11.8. The third-order valence-corrected chi connectivity index (χ3v) is 4.59. The lowest BCUT2D eigenvalue weighted by Gasteiger charge is -2.32. The lowest BCUT2D eigenvalue weighted by atomic mass is 9.89. The molecule has 2 atom stereocenters. The molecule has 0 radical (unpaired) electrons. The summed E-state index contributed by atoms with van der Waals surface area (Å²) >= 11 is 0. The van der Waals surface area contributed by atoms with Crippen LogP contribution < -0.4 is 5.32 Å². The summed E-state index contributed by atoms with van der Waals surface area (Å²) in [5.74, 6) is 1.47. The van der Waals surface area contributed by atoms with E-state index in [9.17, 15) is 0 Å². The molecular weight excluding hydrogens is 298 g/mol. The molecular formula is C20H33N3O. The predicted octanol–water partition coefficient (Wildman–Crippen LogP) is 3.85. The second kappa shape index (κ2) is 10.3. The molecule has 0 aliphatic carbocycles. The molecule has 1 heterocycles. The molecule has 1 aromatic carbocycles. The second-order valence-corrected chi connectivity index (χ2v) is 6.57. The molecule has 0 spiro atoms. The average Bonchev–Trinajstić information content (AvgIpc) is 2.64. The van der Waals surface area contributed by atoms with Crippen LogP contribution in [0.25, 0.3) is 0 Å². The van der Waals surface area contributed by atoms with Gasteiger partial charge in [-0.15, -0.1) is 0 Å². The highest BCUT2D eigenvalue weighted by atomic mass is 16.5. The minimum absolute atomic E-state index is 0.174. The molecule has 0 amide bonds. The number of hydrogen-bond acceptors (Lipinski definition) is 2. The number of benzene rings is 1. The Kier molecular flexibility index (Phi) is 8.10. The topological polar surface area (TPSA) is 36.9 Å². The number of nitrogens with zero attached hydrogens (tertiary/aromatic N) is 2. The lowest BCUT2D eigenvalue weighted by molar-refractivity contribution is -0.0250. The highest BCUT2D eigenvalue weighted by Gasteiger charge is 2.27. The van der Waals surface area contributed by atoms with Gasteiger partial charge in [0.05, 0.1) is 6.10 Å². The van der Waals surface area contributed by atoms with Gasteiger partial charge in [-0.25, -0.2) is 0 Å². The Hall–Kier alpha value is -1.55. The van der Waals surface area contributed by atoms with Gasteiger partial charge in [0.2, 0.25) is 0 Å². The van der Waals surface area contributed by atoms with Gasteiger partial charge in [-0.05, 0) is 31.7 Å². The molecule has 1 aromatic rings. The van der Waals surface area contributed by atoms with Crippen LogP contribution in [0.3, 0.4) is 0 Å². The summed E-state index contributed by atoms with van der Waals surface area (Å²) in [7, 11) is 2.13. The number of aliphatic imine (C=N–C) groups is 1. The van der Waals surface area contributed by atoms with Crippen molar-refractivity contribution in [2.24, 2.45) is 10.9 Å². The highest BCUT2D eigenvalue weighted by Crippen LogP contribution is 2.33. The van der Waals surface area contributed by atoms with E-state index < -0.39 is 0 Å². The lowest BCUT2D eigenvalue weighted by Crippen LogP contribution is -2.40. The van der Waals surface area contributed by atoms with Crippen molar-refractivity contribution in [3.05, 3.63) is 35.9 Å². The van der Waals surface area contributed by atoms with Crippen LogP contribution in [-0.2, 0) is 4.74 Å². The summed E-state index contributed by atoms with van der Waals surface area (Å²) in [6.45, 7) is 7.97. The number of hydrogen-bond donors (Lipinski definition) is 1. The Labute approximate surface area is 147 Å². The molecule has 1 N–H and O–H groups in total. The van der Waals surface area contributed by atoms with Crippen LogP contribution in [-0.4, -0.2) is 44.1 Å². The molecule has 24 heavy (non-hydrogen) atoms. The molecule has 1 aliphatic heterocycles. The van der Waals surface area contributed by atoms with Crippen LogP contribution >= 0.6 is 0 Å². The summed E-state index contributed by atoms with van der Waals surface area (Å²) in [6, 6.07) is 10.6. The van der Waals surface area contributed by atoms with E-state index in [0.29, 0.717) is 5.92 Å². The summed E-state index contributed by atoms with van der Waals surface area (Å²) in [5, 5.41) is 3.42. The molecule has 134 valence electrons. The summed E-state index contributed by atoms with van der Waals surface area (Å²) in [5.41, 5.74) is 1.28. The van der Waals surface area contributed by atoms with E-state index in [1.165, 1.54) is 24.8 Å². The van der Waals surface area contributed by atoms with Crippen molar-refractivity contribution in [2.45, 2.75) is 45.6 Å². The van der Waals surface area contributed by atoms with Gasteiger partial charge >= 0.3 is 0 Å². The Balaban J connectivity index is 2.04. The molecule has 4 heteroatoms. The molecule has 2 rings (SSSR count). The van der Waals surface area contributed by atoms with Crippen LogP contribution in [0.1, 0.15) is 51.2 Å². The fourth-order valence-electron chi connectivity index (χ4n) is 3.22. The first kappa shape index (κ1) is 18.8. The fourth-order valence-corrected chi connectivity index (χ4v) is 3.22. The third-order valence-electron chi connectivity index (χ3n) is 4.59. The minimum atomic E-state index is 0.174. The van der Waals surface area contributed by atoms with E-state index in [-0.39, 0.29) is 6.10 Å². The Bertz CT molecular complexity index is 489. The Morgan fingerprint density at radius 1 is 1.29 bits per heavy atom. The number of rotatable bonds is 7. The number of ether oxygens (including phenoxy) is 1. The average molecular weight is 332 g/mol. The van der Waals surface area contributed by atoms with Crippen molar-refractivity contribution < 1.29 is 4.74 Å². The first-order valence-electron chi connectivity index (χ1n) is 9.42. The standard InChI is InChI=1S/C20H33N3O/c1-4-6-14-23(3)20(21-5-2)22-16-18-13-10-15-24-19(18)17-11-8-7-9-12-17/h7-9,11-12,18-19H,4-6,10,13-16H2,1-3H3,(H,21,22). The van der Waals surface area contributed by atoms with Crippen molar-refractivity contribution >= 4 is 5.96 Å². The zero-order valence-electron chi connectivity index (χ0n) is 15.5. The fraction of sp³-hybridized carbons (Fsp3) is 0.650. The Morgan fingerprint density at radius 3 is 2.79 bits per heavy atom. The smallest absolute Gasteiger partial charge is 0.193 e. The van der Waals surface area contributed by atoms with E-state index in [0.717, 1.165) is 38.6 Å². The van der Waals surface area contributed by atoms with E-state index in [1.54, 1.807) is 0 Å². The van der Waals surface area contributed by atoms with Gasteiger partial charge in [0, 0.05) is 39.2 Å². The van der Waals surface area contributed by atoms with Crippen molar-refractivity contribution in [3.63, 3.8) is 0 Å². The SMILES string of the molecule is CCCCN(C)C(=NCC1CCCOC1c1ccccc1)NCC. The maximum atomic E-state index is 6.09. The maximum Gasteiger partial charge on any atom is 0.193 e. The van der Waals surface area contributed by atoms with Crippen LogP contribution in [0.2, 0.25) is 0 Å². The number of nitrogens with one attached hydrogen (secondary N) is 1. The van der Waals surface area contributed by atoms with E-state index in [4.69, 9.17) is 9.73 Å². The zero-order valence-corrected chi connectivity index (χ0v) is 15.5. The highest BCUT2D eigenvalue weighted by molar-refractivity contribution is 5.79. The van der Waals surface area contributed by atoms with Crippen molar-refractivity contribution in [2.75, 3.05) is 33.3 Å². The van der Waals surface area contributed by atoms with Crippen molar-refractivity contribution in [3.8, 4) is 0 Å². The molecule has 0 saturated carbocycles. The van der Waals surface area contributed by atoms with Gasteiger partial charge in [0.15, 0.2) is 5.96 Å². The third kappa shape index (κ3) is 5.52. The zero-order chi connectivity index (χ0) is 17.2. The largest absolute Gasteiger partial charge is 0.373 e. The molecule has 1 fully saturated rings. The molecule has 0 bridgehead atoms. The molecule has 1 aliphatic rings. The summed E-state index contributed by atoms with van der Waals surface area (Å²) < 4.78 is 6.09. The van der Waals surface area contributed by atoms with Gasteiger partial charge < -0.3 is 15.0 Å². The molecule has 1 saturated heterocycles. The van der Waals surface area contributed by atoms with Crippen molar-refractivity contribution in [1.29, 1.82) is 0 Å². The van der Waals surface area contributed by atoms with E-state index in [2.05, 4.69) is 61.4 Å². The minimum Gasteiger partial charge on any atom is -0.373 e. The van der Waals surface area contributed by atoms with Gasteiger partial charge in [0.25, 0.3) is 0 Å². The molecule has 2 unspecified atom stereocenters. The first-order valence-corrected chi connectivity index (χ1v) is 9.42. The Morgan fingerprint density at radius 2 is 2.08 bits per heavy atom. The monoisotopic (exact) mass is 331 g/mol. The van der Waals surface area contributed by atoms with Gasteiger partial charge in [-0.2, -0.15) is 0 Å². The maximum absolute atomic E-state index is 6.09.